The van der Waals surface area contributed by atoms with Crippen LogP contribution in [0.3, 0.4) is 0 Å². The third kappa shape index (κ3) is 4.00. The number of carbonyl (C=O) groups is 1. The maximum Gasteiger partial charge on any atom is 0.237 e. The van der Waals surface area contributed by atoms with Gasteiger partial charge >= 0.3 is 0 Å². The quantitative estimate of drug-likeness (QED) is 0.736. The fraction of sp³-hybridized carbons (Fsp3) is 0.750. The molecule has 106 valence electrons. The summed E-state index contributed by atoms with van der Waals surface area (Å²) in [6, 6.07) is -0.0912. The van der Waals surface area contributed by atoms with Gasteiger partial charge in [-0.2, -0.15) is 4.98 Å². The predicted octanol–water partition coefficient (Wildman–Crippen LogP) is -0.670. The summed E-state index contributed by atoms with van der Waals surface area (Å²) < 4.78 is 4.99. The van der Waals surface area contributed by atoms with Gasteiger partial charge in [0.05, 0.1) is 6.04 Å². The Balaban J connectivity index is 1.71. The highest BCUT2D eigenvalue weighted by Gasteiger charge is 2.22. The van der Waals surface area contributed by atoms with Gasteiger partial charge in [0.2, 0.25) is 11.8 Å². The van der Waals surface area contributed by atoms with Crippen molar-refractivity contribution in [2.75, 3.05) is 32.7 Å². The van der Waals surface area contributed by atoms with Crippen molar-refractivity contribution in [1.29, 1.82) is 0 Å². The SMILES string of the molecule is Cc1noc(CCNC(=O)C(C)N2CCNCC2)n1. The molecule has 1 saturated heterocycles. The first-order chi connectivity index (χ1) is 9.16. The second kappa shape index (κ2) is 6.63. The molecule has 0 spiro atoms. The summed E-state index contributed by atoms with van der Waals surface area (Å²) in [5, 5.41) is 9.89. The second-order valence-corrected chi connectivity index (χ2v) is 4.74. The Kier molecular flexibility index (Phi) is 4.86. The van der Waals surface area contributed by atoms with Gasteiger partial charge in [0.25, 0.3) is 0 Å². The Bertz CT molecular complexity index is 414. The number of rotatable bonds is 5. The standard InChI is InChI=1S/C12H21N5O2/c1-9(17-7-5-13-6-8-17)12(18)14-4-3-11-15-10(2)16-19-11/h9,13H,3-8H2,1-2H3,(H,14,18). The predicted molar refractivity (Wildman–Crippen MR) is 69.7 cm³/mol. The molecule has 0 aromatic carbocycles. The molecule has 0 saturated carbocycles. The van der Waals surface area contributed by atoms with Crippen molar-refractivity contribution in [2.24, 2.45) is 0 Å². The van der Waals surface area contributed by atoms with Crippen molar-refractivity contribution in [1.82, 2.24) is 25.7 Å². The van der Waals surface area contributed by atoms with Crippen molar-refractivity contribution < 1.29 is 9.32 Å². The molecular formula is C12H21N5O2. The minimum atomic E-state index is -0.0912. The van der Waals surface area contributed by atoms with Gasteiger partial charge in [0.15, 0.2) is 5.82 Å². The lowest BCUT2D eigenvalue weighted by molar-refractivity contribution is -0.126. The molecule has 0 radical (unpaired) electrons. The van der Waals surface area contributed by atoms with Gasteiger partial charge < -0.3 is 15.2 Å². The van der Waals surface area contributed by atoms with Crippen LogP contribution in [-0.2, 0) is 11.2 Å². The summed E-state index contributed by atoms with van der Waals surface area (Å²) in [7, 11) is 0. The van der Waals surface area contributed by atoms with Crippen molar-refractivity contribution in [3.05, 3.63) is 11.7 Å². The lowest BCUT2D eigenvalue weighted by Gasteiger charge is -2.31. The molecule has 1 amide bonds. The molecule has 1 atom stereocenters. The van der Waals surface area contributed by atoms with Gasteiger partial charge in [0, 0.05) is 39.1 Å². The summed E-state index contributed by atoms with van der Waals surface area (Å²) in [5.41, 5.74) is 0. The monoisotopic (exact) mass is 267 g/mol. The van der Waals surface area contributed by atoms with Crippen LogP contribution in [0.5, 0.6) is 0 Å². The van der Waals surface area contributed by atoms with Gasteiger partial charge in [-0.1, -0.05) is 5.16 Å². The van der Waals surface area contributed by atoms with Gasteiger partial charge in [-0.25, -0.2) is 0 Å². The van der Waals surface area contributed by atoms with Gasteiger partial charge in [0.1, 0.15) is 0 Å². The van der Waals surface area contributed by atoms with Crippen LogP contribution in [0.15, 0.2) is 4.52 Å². The lowest BCUT2D eigenvalue weighted by atomic mass is 10.2. The molecule has 1 aliphatic rings. The van der Waals surface area contributed by atoms with Gasteiger partial charge in [-0.05, 0) is 13.8 Å². The van der Waals surface area contributed by atoms with Crippen molar-refractivity contribution in [3.63, 3.8) is 0 Å². The van der Waals surface area contributed by atoms with Crippen LogP contribution in [0, 0.1) is 6.92 Å². The molecule has 2 N–H and O–H groups in total. The summed E-state index contributed by atoms with van der Waals surface area (Å²) in [6.07, 6.45) is 0.570. The second-order valence-electron chi connectivity index (χ2n) is 4.74. The molecule has 7 heteroatoms. The number of hydrogen-bond donors (Lipinski definition) is 2. The van der Waals surface area contributed by atoms with E-state index in [0.29, 0.717) is 24.7 Å². The van der Waals surface area contributed by atoms with Crippen molar-refractivity contribution in [3.8, 4) is 0 Å². The topological polar surface area (TPSA) is 83.3 Å². The van der Waals surface area contributed by atoms with Crippen LogP contribution in [0.4, 0.5) is 0 Å². The molecule has 2 rings (SSSR count). The van der Waals surface area contributed by atoms with E-state index in [4.69, 9.17) is 4.52 Å². The number of carbonyl (C=O) groups excluding carboxylic acids is 1. The van der Waals surface area contributed by atoms with E-state index in [1.165, 1.54) is 0 Å². The maximum absolute atomic E-state index is 12.0. The molecule has 1 unspecified atom stereocenters. The maximum atomic E-state index is 12.0. The van der Waals surface area contributed by atoms with E-state index in [9.17, 15) is 4.79 Å². The summed E-state index contributed by atoms with van der Waals surface area (Å²) >= 11 is 0. The summed E-state index contributed by atoms with van der Waals surface area (Å²) in [6.45, 7) is 7.96. The first-order valence-electron chi connectivity index (χ1n) is 6.68. The number of nitrogens with zero attached hydrogens (tertiary/aromatic N) is 3. The largest absolute Gasteiger partial charge is 0.354 e. The molecule has 2 heterocycles. The molecule has 0 aliphatic carbocycles. The minimum absolute atomic E-state index is 0.0538. The number of hydrogen-bond acceptors (Lipinski definition) is 6. The number of aryl methyl sites for hydroxylation is 1. The van der Waals surface area contributed by atoms with Crippen LogP contribution >= 0.6 is 0 Å². The fourth-order valence-corrected chi connectivity index (χ4v) is 2.12. The van der Waals surface area contributed by atoms with E-state index in [0.717, 1.165) is 26.2 Å². The molecule has 1 aromatic heterocycles. The van der Waals surface area contributed by atoms with E-state index in [2.05, 4.69) is 25.7 Å². The molecule has 0 bridgehead atoms. The molecule has 1 fully saturated rings. The lowest BCUT2D eigenvalue weighted by Crippen LogP contribution is -2.52. The Hall–Kier alpha value is -1.47. The van der Waals surface area contributed by atoms with E-state index in [1.807, 2.05) is 6.92 Å². The molecule has 1 aliphatic heterocycles. The first kappa shape index (κ1) is 14.0. The zero-order valence-electron chi connectivity index (χ0n) is 11.5. The Morgan fingerprint density at radius 1 is 1.53 bits per heavy atom. The summed E-state index contributed by atoms with van der Waals surface area (Å²) in [5.74, 6) is 1.24. The number of nitrogens with one attached hydrogen (secondary N) is 2. The molecule has 19 heavy (non-hydrogen) atoms. The number of amides is 1. The average Bonchev–Trinajstić information content (AvgIpc) is 2.84. The van der Waals surface area contributed by atoms with Crippen molar-refractivity contribution in [2.45, 2.75) is 26.3 Å². The molecule has 1 aromatic rings. The minimum Gasteiger partial charge on any atom is -0.354 e. The Labute approximate surface area is 112 Å². The zero-order chi connectivity index (χ0) is 13.7. The third-order valence-electron chi connectivity index (χ3n) is 3.29. The van der Waals surface area contributed by atoms with E-state index in [1.54, 1.807) is 6.92 Å². The number of aromatic nitrogens is 2. The number of piperazine rings is 1. The highest BCUT2D eigenvalue weighted by atomic mass is 16.5. The first-order valence-corrected chi connectivity index (χ1v) is 6.68. The van der Waals surface area contributed by atoms with Gasteiger partial charge in [-0.15, -0.1) is 0 Å². The average molecular weight is 267 g/mol. The van der Waals surface area contributed by atoms with Crippen LogP contribution in [0.25, 0.3) is 0 Å². The zero-order valence-corrected chi connectivity index (χ0v) is 11.5. The normalized spacial score (nSPS) is 18.2. The van der Waals surface area contributed by atoms with Gasteiger partial charge in [-0.3, -0.25) is 9.69 Å². The molecule has 7 nitrogen and oxygen atoms in total. The molecular weight excluding hydrogens is 246 g/mol. The van der Waals surface area contributed by atoms with E-state index < -0.39 is 0 Å². The van der Waals surface area contributed by atoms with Crippen LogP contribution in [0.2, 0.25) is 0 Å². The van der Waals surface area contributed by atoms with Crippen LogP contribution < -0.4 is 10.6 Å². The van der Waals surface area contributed by atoms with Crippen LogP contribution in [-0.4, -0.2) is 59.7 Å². The van der Waals surface area contributed by atoms with Crippen molar-refractivity contribution >= 4 is 5.91 Å². The highest BCUT2D eigenvalue weighted by Crippen LogP contribution is 2.01. The third-order valence-corrected chi connectivity index (χ3v) is 3.29. The Morgan fingerprint density at radius 2 is 2.26 bits per heavy atom. The van der Waals surface area contributed by atoms with E-state index >= 15 is 0 Å². The smallest absolute Gasteiger partial charge is 0.237 e. The summed E-state index contributed by atoms with van der Waals surface area (Å²) in [4.78, 5) is 18.3. The van der Waals surface area contributed by atoms with Crippen LogP contribution in [0.1, 0.15) is 18.6 Å². The fourth-order valence-electron chi connectivity index (χ4n) is 2.12. The Morgan fingerprint density at radius 3 is 2.89 bits per heavy atom. The highest BCUT2D eigenvalue weighted by molar-refractivity contribution is 5.81. The van der Waals surface area contributed by atoms with E-state index in [-0.39, 0.29) is 11.9 Å².